The minimum Gasteiger partial charge on any atom is -0.477 e. The number of amides is 2. The van der Waals surface area contributed by atoms with Gasteiger partial charge in [0, 0.05) is 32.5 Å². The predicted molar refractivity (Wildman–Crippen MR) is 68.0 cm³/mol. The first-order valence-corrected chi connectivity index (χ1v) is 6.59. The molecule has 0 aromatic heterocycles. The summed E-state index contributed by atoms with van der Waals surface area (Å²) in [6.45, 7) is 1.79. The standard InChI is InChI=1S/C12H17N3O5/c16-10(15-5-1-2-6-15)3-4-13-11(17)9-7-8(12(18)19)14-20-9/h9H,1-7H2,(H,13,17)(H,18,19). The molecule has 1 fully saturated rings. The Balaban J connectivity index is 1.66. The molecule has 8 nitrogen and oxygen atoms in total. The Morgan fingerprint density at radius 2 is 2.05 bits per heavy atom. The van der Waals surface area contributed by atoms with Gasteiger partial charge < -0.3 is 20.2 Å². The predicted octanol–water partition coefficient (Wildman–Crippen LogP) is -0.655. The molecule has 0 aliphatic carbocycles. The van der Waals surface area contributed by atoms with E-state index in [1.165, 1.54) is 0 Å². The van der Waals surface area contributed by atoms with Crippen LogP contribution in [0.15, 0.2) is 5.16 Å². The van der Waals surface area contributed by atoms with E-state index in [9.17, 15) is 14.4 Å². The number of aliphatic carboxylic acids is 1. The molecule has 1 unspecified atom stereocenters. The van der Waals surface area contributed by atoms with E-state index < -0.39 is 18.0 Å². The lowest BCUT2D eigenvalue weighted by atomic mass is 10.1. The van der Waals surface area contributed by atoms with E-state index >= 15 is 0 Å². The van der Waals surface area contributed by atoms with E-state index in [0.29, 0.717) is 0 Å². The second-order valence-electron chi connectivity index (χ2n) is 4.77. The van der Waals surface area contributed by atoms with Crippen LogP contribution in [0.2, 0.25) is 0 Å². The van der Waals surface area contributed by atoms with E-state index in [1.807, 2.05) is 0 Å². The summed E-state index contributed by atoms with van der Waals surface area (Å²) in [5, 5.41) is 14.6. The molecule has 20 heavy (non-hydrogen) atoms. The normalized spacial score (nSPS) is 21.3. The lowest BCUT2D eigenvalue weighted by molar-refractivity contribution is -0.132. The Morgan fingerprint density at radius 3 is 2.65 bits per heavy atom. The Bertz CT molecular complexity index is 442. The van der Waals surface area contributed by atoms with E-state index in [1.54, 1.807) is 4.90 Å². The highest BCUT2D eigenvalue weighted by Crippen LogP contribution is 2.11. The topological polar surface area (TPSA) is 108 Å². The third kappa shape index (κ3) is 3.46. The first-order chi connectivity index (χ1) is 9.58. The van der Waals surface area contributed by atoms with Crippen molar-refractivity contribution >= 4 is 23.5 Å². The number of hydrogen-bond donors (Lipinski definition) is 2. The van der Waals surface area contributed by atoms with E-state index in [-0.39, 0.29) is 31.0 Å². The number of oxime groups is 1. The SMILES string of the molecule is O=C(O)C1=NOC(C(=O)NCCC(=O)N2CCCC2)C1. The number of rotatable bonds is 5. The fraction of sp³-hybridized carbons (Fsp3) is 0.667. The Hall–Kier alpha value is -2.12. The first kappa shape index (κ1) is 14.3. The lowest BCUT2D eigenvalue weighted by Crippen LogP contribution is -2.38. The maximum atomic E-state index is 11.7. The lowest BCUT2D eigenvalue weighted by Gasteiger charge is -2.15. The third-order valence-corrected chi connectivity index (χ3v) is 3.31. The van der Waals surface area contributed by atoms with Crippen LogP contribution in [0.25, 0.3) is 0 Å². The third-order valence-electron chi connectivity index (χ3n) is 3.31. The average molecular weight is 283 g/mol. The number of carbonyl (C=O) groups excluding carboxylic acids is 2. The monoisotopic (exact) mass is 283 g/mol. The number of carboxylic acids is 1. The van der Waals surface area contributed by atoms with Gasteiger partial charge in [-0.15, -0.1) is 0 Å². The van der Waals surface area contributed by atoms with Gasteiger partial charge in [0.05, 0.1) is 0 Å². The van der Waals surface area contributed by atoms with E-state index in [4.69, 9.17) is 9.94 Å². The molecule has 2 rings (SSSR count). The van der Waals surface area contributed by atoms with Crippen LogP contribution in [-0.2, 0) is 19.2 Å². The van der Waals surface area contributed by atoms with Gasteiger partial charge >= 0.3 is 5.97 Å². The summed E-state index contributed by atoms with van der Waals surface area (Å²) in [6.07, 6.45) is 1.34. The highest BCUT2D eigenvalue weighted by atomic mass is 16.6. The Kier molecular flexibility index (Phi) is 4.54. The molecule has 0 radical (unpaired) electrons. The summed E-state index contributed by atoms with van der Waals surface area (Å²) < 4.78 is 0. The molecule has 1 saturated heterocycles. The average Bonchev–Trinajstić information content (AvgIpc) is 3.09. The van der Waals surface area contributed by atoms with Crippen LogP contribution in [0.1, 0.15) is 25.7 Å². The molecule has 2 aliphatic rings. The number of nitrogens with zero attached hydrogens (tertiary/aromatic N) is 2. The molecule has 110 valence electrons. The summed E-state index contributed by atoms with van der Waals surface area (Å²) in [4.78, 5) is 40.6. The van der Waals surface area contributed by atoms with Gasteiger partial charge in [-0.1, -0.05) is 5.16 Å². The minimum atomic E-state index is -1.19. The summed E-state index contributed by atoms with van der Waals surface area (Å²) >= 11 is 0. The molecule has 2 amide bonds. The zero-order valence-electron chi connectivity index (χ0n) is 11.0. The molecule has 2 heterocycles. The van der Waals surface area contributed by atoms with Crippen molar-refractivity contribution in [1.29, 1.82) is 0 Å². The van der Waals surface area contributed by atoms with Crippen LogP contribution < -0.4 is 5.32 Å². The molecule has 0 saturated carbocycles. The van der Waals surface area contributed by atoms with Gasteiger partial charge in [-0.25, -0.2) is 4.79 Å². The second kappa shape index (κ2) is 6.36. The van der Waals surface area contributed by atoms with Crippen LogP contribution in [-0.4, -0.2) is 59.2 Å². The van der Waals surface area contributed by atoms with Crippen LogP contribution in [0.3, 0.4) is 0 Å². The molecule has 1 atom stereocenters. The number of carboxylic acid groups (broad SMARTS) is 1. The molecule has 0 spiro atoms. The first-order valence-electron chi connectivity index (χ1n) is 6.59. The van der Waals surface area contributed by atoms with Crippen molar-refractivity contribution in [2.45, 2.75) is 31.8 Å². The van der Waals surface area contributed by atoms with E-state index in [2.05, 4.69) is 10.5 Å². The van der Waals surface area contributed by atoms with Crippen LogP contribution >= 0.6 is 0 Å². The Morgan fingerprint density at radius 1 is 1.35 bits per heavy atom. The van der Waals surface area contributed by atoms with Crippen LogP contribution in [0.4, 0.5) is 0 Å². The van der Waals surface area contributed by atoms with Crippen molar-refractivity contribution in [3.63, 3.8) is 0 Å². The quantitative estimate of drug-likeness (QED) is 0.696. The Labute approximate surface area is 115 Å². The van der Waals surface area contributed by atoms with E-state index in [0.717, 1.165) is 25.9 Å². The van der Waals surface area contributed by atoms with Crippen molar-refractivity contribution in [1.82, 2.24) is 10.2 Å². The molecule has 8 heteroatoms. The highest BCUT2D eigenvalue weighted by Gasteiger charge is 2.31. The van der Waals surface area contributed by atoms with Crippen molar-refractivity contribution in [2.75, 3.05) is 19.6 Å². The number of nitrogens with one attached hydrogen (secondary N) is 1. The fourth-order valence-electron chi connectivity index (χ4n) is 2.18. The largest absolute Gasteiger partial charge is 0.477 e. The molecular weight excluding hydrogens is 266 g/mol. The summed E-state index contributed by atoms with van der Waals surface area (Å²) in [6, 6.07) is 0. The fourth-order valence-corrected chi connectivity index (χ4v) is 2.18. The number of likely N-dealkylation sites (tertiary alicyclic amines) is 1. The second-order valence-corrected chi connectivity index (χ2v) is 4.77. The van der Waals surface area contributed by atoms with Gasteiger partial charge in [-0.3, -0.25) is 9.59 Å². The van der Waals surface area contributed by atoms with Crippen molar-refractivity contribution < 1.29 is 24.3 Å². The molecule has 0 aromatic carbocycles. The highest BCUT2D eigenvalue weighted by molar-refractivity contribution is 6.36. The zero-order chi connectivity index (χ0) is 14.5. The van der Waals surface area contributed by atoms with Gasteiger partial charge in [0.15, 0.2) is 5.71 Å². The van der Waals surface area contributed by atoms with Crippen molar-refractivity contribution in [2.24, 2.45) is 5.16 Å². The maximum absolute atomic E-state index is 11.7. The van der Waals surface area contributed by atoms with Crippen LogP contribution in [0, 0.1) is 0 Å². The van der Waals surface area contributed by atoms with Crippen molar-refractivity contribution in [3.8, 4) is 0 Å². The van der Waals surface area contributed by atoms with Crippen LogP contribution in [0.5, 0.6) is 0 Å². The van der Waals surface area contributed by atoms with Gasteiger partial charge in [0.1, 0.15) is 0 Å². The smallest absolute Gasteiger partial charge is 0.353 e. The summed E-state index contributed by atoms with van der Waals surface area (Å²) in [5.74, 6) is -1.61. The number of hydrogen-bond acceptors (Lipinski definition) is 5. The zero-order valence-corrected chi connectivity index (χ0v) is 11.0. The summed E-state index contributed by atoms with van der Waals surface area (Å²) in [5.41, 5.74) is -0.168. The molecule has 0 aromatic rings. The molecule has 2 N–H and O–H groups in total. The molecule has 0 bridgehead atoms. The number of carbonyl (C=O) groups is 3. The van der Waals surface area contributed by atoms with Gasteiger partial charge in [0.2, 0.25) is 12.0 Å². The van der Waals surface area contributed by atoms with Crippen molar-refractivity contribution in [3.05, 3.63) is 0 Å². The maximum Gasteiger partial charge on any atom is 0.353 e. The van der Waals surface area contributed by atoms with Gasteiger partial charge in [0.25, 0.3) is 5.91 Å². The minimum absolute atomic E-state index is 0.0256. The summed E-state index contributed by atoms with van der Waals surface area (Å²) in [7, 11) is 0. The molecule has 2 aliphatic heterocycles. The van der Waals surface area contributed by atoms with Gasteiger partial charge in [-0.05, 0) is 12.8 Å². The van der Waals surface area contributed by atoms with Gasteiger partial charge in [-0.2, -0.15) is 0 Å². The molecular formula is C12H17N3O5.